The molecule has 0 aliphatic heterocycles. The smallest absolute Gasteiger partial charge is 0.159 e. The first kappa shape index (κ1) is 16.3. The number of rotatable bonds is 4. The van der Waals surface area contributed by atoms with Gasteiger partial charge in [0.05, 0.1) is 5.69 Å². The second-order valence-electron chi connectivity index (χ2n) is 5.71. The fourth-order valence-corrected chi connectivity index (χ4v) is 2.48. The molecule has 3 aromatic rings. The molecule has 1 aromatic heterocycles. The van der Waals surface area contributed by atoms with Crippen LogP contribution in [-0.2, 0) is 0 Å². The van der Waals surface area contributed by atoms with Gasteiger partial charge in [0.25, 0.3) is 0 Å². The van der Waals surface area contributed by atoms with Crippen molar-refractivity contribution in [1.82, 2.24) is 9.97 Å². The van der Waals surface area contributed by atoms with Crippen molar-refractivity contribution in [3.05, 3.63) is 71.4 Å². The first-order valence-electron chi connectivity index (χ1n) is 7.69. The molecular formula is C19H18N6. The van der Waals surface area contributed by atoms with E-state index in [-0.39, 0.29) is 11.7 Å². The number of hydrogen-bond donors (Lipinski definition) is 4. The summed E-state index contributed by atoms with van der Waals surface area (Å²) in [6.45, 7) is 1.96. The van der Waals surface area contributed by atoms with Crippen LogP contribution in [0.4, 0.5) is 0 Å². The van der Waals surface area contributed by atoms with Crippen LogP contribution in [0.15, 0.2) is 54.7 Å². The standard InChI is InChI=1S/C19H18N6/c1-11-10-24-19(15-8-6-14(7-9-15)18(22)23)25-16(11)12-2-4-13(5-3-12)17(20)21/h2-10H,1H3,(H3,20,21)(H3,22,23). The fourth-order valence-electron chi connectivity index (χ4n) is 2.48. The van der Waals surface area contributed by atoms with E-state index in [1.807, 2.05) is 31.2 Å². The summed E-state index contributed by atoms with van der Waals surface area (Å²) in [5.74, 6) is 0.672. The summed E-state index contributed by atoms with van der Waals surface area (Å²) in [6.07, 6.45) is 1.79. The lowest BCUT2D eigenvalue weighted by molar-refractivity contribution is 1.14. The summed E-state index contributed by atoms with van der Waals surface area (Å²) in [5.41, 5.74) is 15.9. The van der Waals surface area contributed by atoms with E-state index in [0.29, 0.717) is 17.0 Å². The van der Waals surface area contributed by atoms with Gasteiger partial charge < -0.3 is 11.5 Å². The van der Waals surface area contributed by atoms with Crippen LogP contribution in [0.2, 0.25) is 0 Å². The number of benzene rings is 2. The van der Waals surface area contributed by atoms with E-state index in [1.54, 1.807) is 30.5 Å². The van der Waals surface area contributed by atoms with Gasteiger partial charge in [0.15, 0.2) is 5.82 Å². The molecule has 3 rings (SSSR count). The highest BCUT2D eigenvalue weighted by Crippen LogP contribution is 2.24. The van der Waals surface area contributed by atoms with Crippen molar-refractivity contribution >= 4 is 11.7 Å². The molecule has 6 nitrogen and oxygen atoms in total. The summed E-state index contributed by atoms with van der Waals surface area (Å²) in [4.78, 5) is 9.09. The molecule has 0 aliphatic rings. The number of nitrogens with one attached hydrogen (secondary N) is 2. The Morgan fingerprint density at radius 3 is 1.76 bits per heavy atom. The number of nitrogen functional groups attached to an aromatic ring is 2. The molecule has 2 aromatic carbocycles. The van der Waals surface area contributed by atoms with Crippen molar-refractivity contribution in [2.75, 3.05) is 0 Å². The summed E-state index contributed by atoms with van der Waals surface area (Å²) in [6, 6.07) is 14.7. The number of nitrogens with two attached hydrogens (primary N) is 2. The number of aryl methyl sites for hydroxylation is 1. The molecule has 0 saturated carbocycles. The van der Waals surface area contributed by atoms with Gasteiger partial charge in [-0.3, -0.25) is 10.8 Å². The van der Waals surface area contributed by atoms with Crippen molar-refractivity contribution in [3.63, 3.8) is 0 Å². The van der Waals surface area contributed by atoms with E-state index in [4.69, 9.17) is 22.3 Å². The van der Waals surface area contributed by atoms with Crippen LogP contribution in [0, 0.1) is 17.7 Å². The Labute approximate surface area is 145 Å². The van der Waals surface area contributed by atoms with Crippen molar-refractivity contribution in [2.24, 2.45) is 11.5 Å². The van der Waals surface area contributed by atoms with Crippen LogP contribution < -0.4 is 11.5 Å². The Bertz CT molecular complexity index is 943. The van der Waals surface area contributed by atoms with E-state index in [1.165, 1.54) is 0 Å². The van der Waals surface area contributed by atoms with Crippen LogP contribution in [0.1, 0.15) is 16.7 Å². The van der Waals surface area contributed by atoms with Gasteiger partial charge in [-0.15, -0.1) is 0 Å². The molecule has 0 atom stereocenters. The van der Waals surface area contributed by atoms with Crippen LogP contribution in [0.3, 0.4) is 0 Å². The second-order valence-corrected chi connectivity index (χ2v) is 5.71. The molecule has 0 amide bonds. The summed E-state index contributed by atoms with van der Waals surface area (Å²) >= 11 is 0. The van der Waals surface area contributed by atoms with E-state index < -0.39 is 0 Å². The Morgan fingerprint density at radius 2 is 1.28 bits per heavy atom. The third-order valence-electron chi connectivity index (χ3n) is 3.90. The van der Waals surface area contributed by atoms with Crippen molar-refractivity contribution in [1.29, 1.82) is 10.8 Å². The summed E-state index contributed by atoms with van der Waals surface area (Å²) < 4.78 is 0. The fraction of sp³-hybridized carbons (Fsp3) is 0.0526. The van der Waals surface area contributed by atoms with Crippen LogP contribution in [0.5, 0.6) is 0 Å². The number of amidine groups is 2. The average molecular weight is 330 g/mol. The Hall–Kier alpha value is -3.54. The molecule has 124 valence electrons. The normalized spacial score (nSPS) is 10.4. The number of hydrogen-bond acceptors (Lipinski definition) is 4. The van der Waals surface area contributed by atoms with Crippen molar-refractivity contribution < 1.29 is 0 Å². The minimum Gasteiger partial charge on any atom is -0.384 e. The van der Waals surface area contributed by atoms with E-state index in [9.17, 15) is 0 Å². The van der Waals surface area contributed by atoms with Gasteiger partial charge in [0.1, 0.15) is 11.7 Å². The van der Waals surface area contributed by atoms with Gasteiger partial charge in [-0.2, -0.15) is 0 Å². The van der Waals surface area contributed by atoms with Crippen molar-refractivity contribution in [3.8, 4) is 22.6 Å². The molecule has 6 N–H and O–H groups in total. The highest BCUT2D eigenvalue weighted by molar-refractivity contribution is 5.95. The van der Waals surface area contributed by atoms with Gasteiger partial charge in [-0.25, -0.2) is 9.97 Å². The lowest BCUT2D eigenvalue weighted by atomic mass is 10.0. The van der Waals surface area contributed by atoms with Crippen molar-refractivity contribution in [2.45, 2.75) is 6.92 Å². The molecule has 25 heavy (non-hydrogen) atoms. The topological polar surface area (TPSA) is 126 Å². The van der Waals surface area contributed by atoms with Gasteiger partial charge in [0.2, 0.25) is 0 Å². The molecule has 0 unspecified atom stereocenters. The number of aromatic nitrogens is 2. The summed E-state index contributed by atoms with van der Waals surface area (Å²) in [7, 11) is 0. The monoisotopic (exact) mass is 330 g/mol. The predicted octanol–water partition coefficient (Wildman–Crippen LogP) is 2.69. The summed E-state index contributed by atoms with van der Waals surface area (Å²) in [5, 5.41) is 14.9. The molecule has 0 fully saturated rings. The Morgan fingerprint density at radius 1 is 0.800 bits per heavy atom. The minimum absolute atomic E-state index is 0.0302. The molecule has 0 saturated heterocycles. The maximum atomic E-state index is 7.47. The third kappa shape index (κ3) is 3.37. The van der Waals surface area contributed by atoms with Crippen LogP contribution >= 0.6 is 0 Å². The molecule has 1 heterocycles. The van der Waals surface area contributed by atoms with Gasteiger partial charge >= 0.3 is 0 Å². The highest BCUT2D eigenvalue weighted by atomic mass is 14.9. The molecule has 6 heteroatoms. The number of nitrogens with zero attached hydrogens (tertiary/aromatic N) is 2. The minimum atomic E-state index is 0.0302. The SMILES string of the molecule is Cc1cnc(-c2ccc(C(=N)N)cc2)nc1-c1ccc(C(=N)N)cc1. The predicted molar refractivity (Wildman–Crippen MR) is 99.7 cm³/mol. The first-order valence-corrected chi connectivity index (χ1v) is 7.69. The first-order chi connectivity index (χ1) is 12.0. The molecular weight excluding hydrogens is 312 g/mol. The van der Waals surface area contributed by atoms with Gasteiger partial charge in [-0.1, -0.05) is 48.5 Å². The maximum absolute atomic E-state index is 7.47. The van der Waals surface area contributed by atoms with Crippen LogP contribution in [-0.4, -0.2) is 21.6 Å². The largest absolute Gasteiger partial charge is 0.384 e. The second kappa shape index (κ2) is 6.52. The zero-order valence-corrected chi connectivity index (χ0v) is 13.7. The van der Waals surface area contributed by atoms with E-state index in [2.05, 4.69) is 9.97 Å². The van der Waals surface area contributed by atoms with E-state index >= 15 is 0 Å². The lowest BCUT2D eigenvalue weighted by Crippen LogP contribution is -2.10. The lowest BCUT2D eigenvalue weighted by Gasteiger charge is -2.09. The maximum Gasteiger partial charge on any atom is 0.159 e. The third-order valence-corrected chi connectivity index (χ3v) is 3.90. The van der Waals surface area contributed by atoms with Gasteiger partial charge in [0, 0.05) is 28.5 Å². The van der Waals surface area contributed by atoms with Gasteiger partial charge in [-0.05, 0) is 12.5 Å². The zero-order valence-electron chi connectivity index (χ0n) is 13.7. The molecule has 0 bridgehead atoms. The molecule has 0 radical (unpaired) electrons. The molecule has 0 spiro atoms. The molecule has 0 aliphatic carbocycles. The Balaban J connectivity index is 2.00. The average Bonchev–Trinajstić information content (AvgIpc) is 2.62. The Kier molecular flexibility index (Phi) is 4.26. The highest BCUT2D eigenvalue weighted by Gasteiger charge is 2.09. The van der Waals surface area contributed by atoms with Crippen LogP contribution in [0.25, 0.3) is 22.6 Å². The van der Waals surface area contributed by atoms with E-state index in [0.717, 1.165) is 22.4 Å². The quantitative estimate of drug-likeness (QED) is 0.433. The zero-order chi connectivity index (χ0) is 18.0.